The van der Waals surface area contributed by atoms with E-state index in [1.807, 2.05) is 18.2 Å². The van der Waals surface area contributed by atoms with E-state index in [0.717, 1.165) is 25.3 Å². The van der Waals surface area contributed by atoms with E-state index in [9.17, 15) is 4.79 Å². The minimum atomic E-state index is -0.612. The topological polar surface area (TPSA) is 77.5 Å². The van der Waals surface area contributed by atoms with Crippen LogP contribution in [0.2, 0.25) is 5.02 Å². The molecule has 0 spiro atoms. The summed E-state index contributed by atoms with van der Waals surface area (Å²) in [5.41, 5.74) is 4.38. The molecular formula is C19H21ClN4O2. The number of hydrogen-bond donors (Lipinski definition) is 3. The first kappa shape index (κ1) is 18.4. The molecule has 1 saturated heterocycles. The number of carbonyl (C=O) groups is 1. The summed E-state index contributed by atoms with van der Waals surface area (Å²) in [7, 11) is 0. The molecule has 0 bridgehead atoms. The number of nitrogens with zero attached hydrogens (tertiary/aromatic N) is 2. The number of nitrogens with one attached hydrogen (secondary N) is 2. The second-order valence-electron chi connectivity index (χ2n) is 6.17. The fourth-order valence-corrected chi connectivity index (χ4v) is 3.16. The SMILES string of the molecule is O=C(C=Cc1cnc(Nc2ccccc2CN2CCCC2)c(Cl)c1)NO. The second-order valence-corrected chi connectivity index (χ2v) is 6.58. The summed E-state index contributed by atoms with van der Waals surface area (Å²) in [6, 6.07) is 9.85. The van der Waals surface area contributed by atoms with Crippen LogP contribution in [-0.2, 0) is 11.3 Å². The van der Waals surface area contributed by atoms with Gasteiger partial charge in [-0.3, -0.25) is 14.9 Å². The van der Waals surface area contributed by atoms with E-state index in [1.54, 1.807) is 12.3 Å². The Morgan fingerprint density at radius 3 is 2.81 bits per heavy atom. The highest BCUT2D eigenvalue weighted by Crippen LogP contribution is 2.27. The van der Waals surface area contributed by atoms with Crippen molar-refractivity contribution in [3.8, 4) is 0 Å². The number of anilines is 2. The molecule has 1 aromatic carbocycles. The van der Waals surface area contributed by atoms with Gasteiger partial charge in [0.05, 0.1) is 5.02 Å². The van der Waals surface area contributed by atoms with Crippen LogP contribution < -0.4 is 10.8 Å². The molecule has 2 heterocycles. The summed E-state index contributed by atoms with van der Waals surface area (Å²) < 4.78 is 0. The Bertz CT molecular complexity index is 804. The van der Waals surface area contributed by atoms with Crippen LogP contribution >= 0.6 is 11.6 Å². The summed E-state index contributed by atoms with van der Waals surface area (Å²) >= 11 is 6.33. The molecule has 136 valence electrons. The quantitative estimate of drug-likeness (QED) is 0.410. The van der Waals surface area contributed by atoms with E-state index in [-0.39, 0.29) is 0 Å². The van der Waals surface area contributed by atoms with Gasteiger partial charge in [-0.2, -0.15) is 0 Å². The first-order chi connectivity index (χ1) is 12.7. The number of para-hydroxylation sites is 1. The first-order valence-corrected chi connectivity index (χ1v) is 8.88. The van der Waals surface area contributed by atoms with Gasteiger partial charge >= 0.3 is 0 Å². The third-order valence-electron chi connectivity index (χ3n) is 4.26. The fourth-order valence-electron chi connectivity index (χ4n) is 2.93. The molecule has 6 nitrogen and oxygen atoms in total. The van der Waals surface area contributed by atoms with Gasteiger partial charge in [0, 0.05) is 24.5 Å². The van der Waals surface area contributed by atoms with E-state index in [1.165, 1.54) is 36.0 Å². The Kier molecular flexibility index (Phi) is 6.22. The Balaban J connectivity index is 1.74. The van der Waals surface area contributed by atoms with Crippen LogP contribution in [0.5, 0.6) is 0 Å². The highest BCUT2D eigenvalue weighted by Gasteiger charge is 2.14. The number of aromatic nitrogens is 1. The van der Waals surface area contributed by atoms with Crippen molar-refractivity contribution >= 4 is 35.1 Å². The molecule has 1 aliphatic heterocycles. The van der Waals surface area contributed by atoms with Gasteiger partial charge in [0.1, 0.15) is 5.82 Å². The van der Waals surface area contributed by atoms with Crippen molar-refractivity contribution in [3.63, 3.8) is 0 Å². The van der Waals surface area contributed by atoms with Crippen LogP contribution in [0.3, 0.4) is 0 Å². The van der Waals surface area contributed by atoms with Gasteiger partial charge in [0.2, 0.25) is 0 Å². The monoisotopic (exact) mass is 372 g/mol. The molecule has 1 aromatic heterocycles. The zero-order valence-electron chi connectivity index (χ0n) is 14.3. The minimum absolute atomic E-state index is 0.451. The molecule has 0 radical (unpaired) electrons. The molecular weight excluding hydrogens is 352 g/mol. The van der Waals surface area contributed by atoms with Crippen molar-refractivity contribution < 1.29 is 10.0 Å². The zero-order valence-corrected chi connectivity index (χ0v) is 15.0. The maximum absolute atomic E-state index is 11.0. The van der Waals surface area contributed by atoms with Gasteiger partial charge in [0.25, 0.3) is 5.91 Å². The molecule has 3 N–H and O–H groups in total. The van der Waals surface area contributed by atoms with Gasteiger partial charge in [-0.05, 0) is 55.3 Å². The summed E-state index contributed by atoms with van der Waals surface area (Å²) in [5, 5.41) is 12.3. The molecule has 0 aliphatic carbocycles. The van der Waals surface area contributed by atoms with Crippen LogP contribution in [0.25, 0.3) is 6.08 Å². The number of carbonyl (C=O) groups excluding carboxylic acids is 1. The molecule has 0 saturated carbocycles. The maximum Gasteiger partial charge on any atom is 0.267 e. The maximum atomic E-state index is 11.0. The van der Waals surface area contributed by atoms with Gasteiger partial charge in [0.15, 0.2) is 0 Å². The van der Waals surface area contributed by atoms with Crippen molar-refractivity contribution in [1.82, 2.24) is 15.4 Å². The van der Waals surface area contributed by atoms with E-state index >= 15 is 0 Å². The average molecular weight is 373 g/mol. The van der Waals surface area contributed by atoms with Crippen molar-refractivity contribution in [1.29, 1.82) is 0 Å². The molecule has 7 heteroatoms. The lowest BCUT2D eigenvalue weighted by Gasteiger charge is -2.18. The molecule has 1 amide bonds. The number of rotatable bonds is 6. The van der Waals surface area contributed by atoms with Gasteiger partial charge in [-0.15, -0.1) is 0 Å². The van der Waals surface area contributed by atoms with Crippen molar-refractivity contribution in [2.24, 2.45) is 0 Å². The zero-order chi connectivity index (χ0) is 18.4. The number of halogens is 1. The van der Waals surface area contributed by atoms with Gasteiger partial charge in [-0.1, -0.05) is 29.8 Å². The van der Waals surface area contributed by atoms with Gasteiger partial charge in [-0.25, -0.2) is 10.5 Å². The first-order valence-electron chi connectivity index (χ1n) is 8.50. The van der Waals surface area contributed by atoms with Crippen molar-refractivity contribution in [3.05, 3.63) is 58.8 Å². The number of amides is 1. The van der Waals surface area contributed by atoms with E-state index in [2.05, 4.69) is 21.3 Å². The largest absolute Gasteiger partial charge is 0.339 e. The summed E-state index contributed by atoms with van der Waals surface area (Å²) in [6.07, 6.45) is 6.85. The molecule has 0 unspecified atom stereocenters. The van der Waals surface area contributed by atoms with Crippen molar-refractivity contribution in [2.45, 2.75) is 19.4 Å². The average Bonchev–Trinajstić information content (AvgIpc) is 3.16. The molecule has 1 aliphatic rings. The molecule has 0 atom stereocenters. The Hall–Kier alpha value is -2.41. The predicted octanol–water partition coefficient (Wildman–Crippen LogP) is 3.59. The van der Waals surface area contributed by atoms with Crippen LogP contribution in [0.15, 0.2) is 42.6 Å². The van der Waals surface area contributed by atoms with Crippen LogP contribution in [-0.4, -0.2) is 34.1 Å². The van der Waals surface area contributed by atoms with Crippen LogP contribution in [0.1, 0.15) is 24.0 Å². The number of likely N-dealkylation sites (tertiary alicyclic amines) is 1. The highest BCUT2D eigenvalue weighted by molar-refractivity contribution is 6.33. The standard InChI is InChI=1S/C19H21ClN4O2/c20-16-11-14(7-8-18(25)23-26)12-21-19(16)22-17-6-2-1-5-15(17)13-24-9-3-4-10-24/h1-2,5-8,11-12,26H,3-4,9-10,13H2,(H,21,22)(H,23,25). The Morgan fingerprint density at radius 1 is 1.31 bits per heavy atom. The van der Waals surface area contributed by atoms with E-state index in [0.29, 0.717) is 16.4 Å². The summed E-state index contributed by atoms with van der Waals surface area (Å²) in [4.78, 5) is 17.8. The molecule has 26 heavy (non-hydrogen) atoms. The van der Waals surface area contributed by atoms with Crippen LogP contribution in [0.4, 0.5) is 11.5 Å². The number of benzene rings is 1. The molecule has 2 aromatic rings. The lowest BCUT2D eigenvalue weighted by atomic mass is 10.1. The lowest BCUT2D eigenvalue weighted by molar-refractivity contribution is -0.124. The van der Waals surface area contributed by atoms with E-state index < -0.39 is 5.91 Å². The fraction of sp³-hybridized carbons (Fsp3) is 0.263. The number of pyridine rings is 1. The highest BCUT2D eigenvalue weighted by atomic mass is 35.5. The smallest absolute Gasteiger partial charge is 0.267 e. The summed E-state index contributed by atoms with van der Waals surface area (Å²) in [5.74, 6) is -0.0523. The van der Waals surface area contributed by atoms with Crippen LogP contribution in [0, 0.1) is 0 Å². The van der Waals surface area contributed by atoms with E-state index in [4.69, 9.17) is 16.8 Å². The molecule has 3 rings (SSSR count). The molecule has 1 fully saturated rings. The predicted molar refractivity (Wildman–Crippen MR) is 102 cm³/mol. The van der Waals surface area contributed by atoms with Gasteiger partial charge < -0.3 is 5.32 Å². The number of hydroxylamine groups is 1. The summed E-state index contributed by atoms with van der Waals surface area (Å²) in [6.45, 7) is 3.17. The lowest BCUT2D eigenvalue weighted by Crippen LogP contribution is -2.19. The Labute approximate surface area is 157 Å². The normalized spacial score (nSPS) is 14.7. The third kappa shape index (κ3) is 4.82. The van der Waals surface area contributed by atoms with Crippen molar-refractivity contribution in [2.75, 3.05) is 18.4 Å². The third-order valence-corrected chi connectivity index (χ3v) is 4.55. The number of hydrogen-bond acceptors (Lipinski definition) is 5. The minimum Gasteiger partial charge on any atom is -0.339 e. The Morgan fingerprint density at radius 2 is 2.08 bits per heavy atom. The second kappa shape index (κ2) is 8.80.